The van der Waals surface area contributed by atoms with Crippen LogP contribution in [0.1, 0.15) is 12.8 Å². The lowest BCUT2D eigenvalue weighted by Gasteiger charge is -2.36. The minimum Gasteiger partial charge on any atom is -0.323 e. The third-order valence-electron chi connectivity index (χ3n) is 5.22. The monoisotopic (exact) mass is 417 g/mol. The van der Waals surface area contributed by atoms with Gasteiger partial charge < -0.3 is 10.2 Å². The van der Waals surface area contributed by atoms with Crippen LogP contribution in [-0.2, 0) is 19.6 Å². The van der Waals surface area contributed by atoms with Gasteiger partial charge >= 0.3 is 0 Å². The number of benzene rings is 2. The van der Waals surface area contributed by atoms with Crippen LogP contribution in [0.3, 0.4) is 0 Å². The topological polar surface area (TPSA) is 86.8 Å². The molecule has 1 saturated heterocycles. The molecule has 2 aromatic rings. The summed E-state index contributed by atoms with van der Waals surface area (Å²) < 4.78 is 40.2. The van der Waals surface area contributed by atoms with Crippen molar-refractivity contribution >= 4 is 33.2 Å². The lowest BCUT2D eigenvalue weighted by molar-refractivity contribution is -0.125. The van der Waals surface area contributed by atoms with E-state index in [1.54, 1.807) is 24.3 Å². The number of hydrogen-bond donors (Lipinski definition) is 1. The highest BCUT2D eigenvalue weighted by Crippen LogP contribution is 2.32. The lowest BCUT2D eigenvalue weighted by atomic mass is 9.97. The number of para-hydroxylation sites is 2. The van der Waals surface area contributed by atoms with Gasteiger partial charge in [-0.3, -0.25) is 9.59 Å². The molecule has 0 spiro atoms. The molecule has 2 aliphatic rings. The Labute approximate surface area is 168 Å². The number of sulfonamides is 1. The lowest BCUT2D eigenvalue weighted by Crippen LogP contribution is -2.50. The molecule has 1 atom stereocenters. The molecule has 2 amide bonds. The second-order valence-electron chi connectivity index (χ2n) is 7.15. The molecule has 0 aliphatic carbocycles. The maximum Gasteiger partial charge on any atom is 0.244 e. The Hall–Kier alpha value is -2.78. The van der Waals surface area contributed by atoms with Gasteiger partial charge in [0.2, 0.25) is 21.8 Å². The van der Waals surface area contributed by atoms with E-state index >= 15 is 0 Å². The number of carbonyl (C=O) groups excluding carboxylic acids is 2. The number of fused-ring (bicyclic) bond motifs is 1. The molecule has 0 saturated carbocycles. The summed E-state index contributed by atoms with van der Waals surface area (Å²) >= 11 is 0. The molecule has 2 aromatic carbocycles. The largest absolute Gasteiger partial charge is 0.323 e. The summed E-state index contributed by atoms with van der Waals surface area (Å²) in [5.41, 5.74) is 1.17. The van der Waals surface area contributed by atoms with Crippen molar-refractivity contribution in [2.75, 3.05) is 29.9 Å². The summed E-state index contributed by atoms with van der Waals surface area (Å²) in [5.74, 6) is -1.63. The summed E-state index contributed by atoms with van der Waals surface area (Å²) in [6.07, 6.45) is 1.06. The van der Waals surface area contributed by atoms with Crippen LogP contribution in [-0.4, -0.2) is 44.2 Å². The highest BCUT2D eigenvalue weighted by Gasteiger charge is 2.37. The Bertz CT molecular complexity index is 1060. The van der Waals surface area contributed by atoms with Gasteiger partial charge in [-0.2, -0.15) is 4.31 Å². The molecule has 0 bridgehead atoms. The summed E-state index contributed by atoms with van der Waals surface area (Å²) in [6.45, 7) is 0.219. The second-order valence-corrected chi connectivity index (χ2v) is 9.08. The summed E-state index contributed by atoms with van der Waals surface area (Å²) in [5, 5.41) is 2.74. The van der Waals surface area contributed by atoms with Gasteiger partial charge in [-0.1, -0.05) is 12.1 Å². The number of rotatable bonds is 3. The van der Waals surface area contributed by atoms with E-state index in [9.17, 15) is 22.4 Å². The van der Waals surface area contributed by atoms with Gasteiger partial charge in [0, 0.05) is 13.1 Å². The molecule has 29 heavy (non-hydrogen) atoms. The van der Waals surface area contributed by atoms with Gasteiger partial charge in [0.25, 0.3) is 0 Å². The Morgan fingerprint density at radius 1 is 1.10 bits per heavy atom. The molecule has 9 heteroatoms. The Morgan fingerprint density at radius 2 is 1.83 bits per heavy atom. The Balaban J connectivity index is 1.57. The van der Waals surface area contributed by atoms with Crippen molar-refractivity contribution in [2.45, 2.75) is 17.7 Å². The van der Waals surface area contributed by atoms with Crippen molar-refractivity contribution in [1.29, 1.82) is 0 Å². The van der Waals surface area contributed by atoms with Crippen molar-refractivity contribution < 1.29 is 22.4 Å². The number of carbonyl (C=O) groups is 2. The van der Waals surface area contributed by atoms with E-state index < -0.39 is 21.8 Å². The molecule has 2 aliphatic heterocycles. The first-order chi connectivity index (χ1) is 13.9. The third-order valence-corrected chi connectivity index (χ3v) is 7.10. The fourth-order valence-electron chi connectivity index (χ4n) is 3.77. The molecular formula is C20H20FN3O4S. The van der Waals surface area contributed by atoms with E-state index in [0.29, 0.717) is 30.8 Å². The zero-order valence-electron chi connectivity index (χ0n) is 15.5. The predicted octanol–water partition coefficient (Wildman–Crippen LogP) is 2.21. The normalized spacial score (nSPS) is 20.1. The first-order valence-electron chi connectivity index (χ1n) is 9.32. The fourth-order valence-corrected chi connectivity index (χ4v) is 5.29. The van der Waals surface area contributed by atoms with Crippen molar-refractivity contribution in [3.8, 4) is 0 Å². The number of amides is 2. The van der Waals surface area contributed by atoms with Gasteiger partial charge in [0.1, 0.15) is 12.4 Å². The van der Waals surface area contributed by atoms with Crippen LogP contribution in [0.15, 0.2) is 53.4 Å². The highest BCUT2D eigenvalue weighted by molar-refractivity contribution is 7.89. The van der Waals surface area contributed by atoms with Crippen LogP contribution in [0.5, 0.6) is 0 Å². The number of nitrogens with zero attached hydrogens (tertiary/aromatic N) is 2. The maximum absolute atomic E-state index is 13.2. The van der Waals surface area contributed by atoms with Crippen LogP contribution >= 0.6 is 0 Å². The quantitative estimate of drug-likeness (QED) is 0.830. The van der Waals surface area contributed by atoms with Crippen molar-refractivity contribution in [1.82, 2.24) is 4.31 Å². The molecule has 1 N–H and O–H groups in total. The SMILES string of the molecule is O=C1CN(C(=O)C2CCCN(S(=O)(=O)c3ccc(F)cc3)C2)c2ccccc2N1. The minimum absolute atomic E-state index is 0.00491. The zero-order chi connectivity index (χ0) is 20.6. The van der Waals surface area contributed by atoms with Crippen LogP contribution in [0.4, 0.5) is 15.8 Å². The average molecular weight is 417 g/mol. The predicted molar refractivity (Wildman–Crippen MR) is 105 cm³/mol. The first kappa shape index (κ1) is 19.5. The van der Waals surface area contributed by atoms with E-state index in [1.807, 2.05) is 0 Å². The second kappa shape index (κ2) is 7.57. The van der Waals surface area contributed by atoms with Crippen LogP contribution in [0.25, 0.3) is 0 Å². The van der Waals surface area contributed by atoms with Gasteiger partial charge in [-0.15, -0.1) is 0 Å². The molecular weight excluding hydrogens is 397 g/mol. The Kier molecular flexibility index (Phi) is 5.10. The summed E-state index contributed by atoms with van der Waals surface area (Å²) in [6, 6.07) is 11.7. The Morgan fingerprint density at radius 3 is 2.59 bits per heavy atom. The first-order valence-corrected chi connectivity index (χ1v) is 10.8. The smallest absolute Gasteiger partial charge is 0.244 e. The van der Waals surface area contributed by atoms with Gasteiger partial charge in [-0.25, -0.2) is 12.8 Å². The molecule has 0 aromatic heterocycles. The molecule has 0 radical (unpaired) electrons. The minimum atomic E-state index is -3.83. The van der Waals surface area contributed by atoms with Crippen molar-refractivity contribution in [3.05, 3.63) is 54.3 Å². The number of anilines is 2. The van der Waals surface area contributed by atoms with Crippen molar-refractivity contribution in [3.63, 3.8) is 0 Å². The standard InChI is InChI=1S/C20H20FN3O4S/c21-15-7-9-16(10-8-15)29(27,28)23-11-3-4-14(12-23)20(26)24-13-19(25)22-17-5-1-2-6-18(17)24/h1-2,5-10,14H,3-4,11-13H2,(H,22,25). The van der Waals surface area contributed by atoms with Crippen LogP contribution in [0.2, 0.25) is 0 Å². The van der Waals surface area contributed by atoms with E-state index in [1.165, 1.54) is 21.3 Å². The molecule has 2 heterocycles. The van der Waals surface area contributed by atoms with Crippen LogP contribution < -0.4 is 10.2 Å². The summed E-state index contributed by atoms with van der Waals surface area (Å²) in [7, 11) is -3.83. The van der Waals surface area contributed by atoms with Crippen LogP contribution in [0, 0.1) is 11.7 Å². The molecule has 152 valence electrons. The number of nitrogens with one attached hydrogen (secondary N) is 1. The average Bonchev–Trinajstić information content (AvgIpc) is 2.73. The fraction of sp³-hybridized carbons (Fsp3) is 0.300. The van der Waals surface area contributed by atoms with E-state index in [4.69, 9.17) is 0 Å². The van der Waals surface area contributed by atoms with E-state index in [-0.39, 0.29) is 29.8 Å². The third kappa shape index (κ3) is 3.75. The van der Waals surface area contributed by atoms with Gasteiger partial charge in [0.15, 0.2) is 0 Å². The molecule has 1 unspecified atom stereocenters. The number of hydrogen-bond acceptors (Lipinski definition) is 4. The molecule has 1 fully saturated rings. The van der Waals surface area contributed by atoms with Gasteiger partial charge in [0.05, 0.1) is 22.2 Å². The van der Waals surface area contributed by atoms with Gasteiger partial charge in [-0.05, 0) is 49.2 Å². The van der Waals surface area contributed by atoms with Crippen molar-refractivity contribution in [2.24, 2.45) is 5.92 Å². The molecule has 7 nitrogen and oxygen atoms in total. The number of piperidine rings is 1. The van der Waals surface area contributed by atoms with E-state index in [2.05, 4.69) is 5.32 Å². The number of halogens is 1. The zero-order valence-corrected chi connectivity index (χ0v) is 16.4. The maximum atomic E-state index is 13.2. The summed E-state index contributed by atoms with van der Waals surface area (Å²) in [4.78, 5) is 26.6. The molecule has 4 rings (SSSR count). The highest BCUT2D eigenvalue weighted by atomic mass is 32.2. The van der Waals surface area contributed by atoms with E-state index in [0.717, 1.165) is 12.1 Å².